The standard InChI is InChI=1S/C53H70O6/c1-6-42-34-52(58-31-28-40-19-13-9-14-20-40)46(35-48(42)54-3)25-24-45-38-53(59-32-29-41-21-15-10-16-22-41)47(36-50(45)56-5)26-23-44-37-51(43(7-2)33-49(44)55-4)57-30-27-39-17-11-8-12-18-39/h6-7,23-26,33-41H,1-2,8-22,27-32H2,3-5H3/b25-24+,26-23+. The molecule has 0 bridgehead atoms. The molecular weight excluding hydrogens is 733 g/mol. The molecule has 3 aromatic rings. The average Bonchev–Trinajstić information content (AvgIpc) is 3.28. The maximum absolute atomic E-state index is 6.68. The van der Waals surface area contributed by atoms with Crippen LogP contribution in [-0.4, -0.2) is 41.2 Å². The fraction of sp³-hybridized carbons (Fsp3) is 0.509. The van der Waals surface area contributed by atoms with Gasteiger partial charge in [-0.15, -0.1) is 0 Å². The first-order valence-electron chi connectivity index (χ1n) is 22.7. The molecule has 0 atom stereocenters. The molecule has 0 heterocycles. The van der Waals surface area contributed by atoms with E-state index in [9.17, 15) is 0 Å². The fourth-order valence-corrected chi connectivity index (χ4v) is 9.31. The largest absolute Gasteiger partial charge is 0.496 e. The lowest BCUT2D eigenvalue weighted by Gasteiger charge is -2.22. The first-order valence-corrected chi connectivity index (χ1v) is 22.7. The molecule has 6 nitrogen and oxygen atoms in total. The Morgan fingerprint density at radius 1 is 0.390 bits per heavy atom. The van der Waals surface area contributed by atoms with Crippen molar-refractivity contribution in [1.82, 2.24) is 0 Å². The van der Waals surface area contributed by atoms with Gasteiger partial charge in [0.1, 0.15) is 34.5 Å². The zero-order valence-electron chi connectivity index (χ0n) is 36.4. The lowest BCUT2D eigenvalue weighted by molar-refractivity contribution is 0.245. The summed E-state index contributed by atoms with van der Waals surface area (Å²) < 4.78 is 37.3. The second-order valence-electron chi connectivity index (χ2n) is 16.9. The summed E-state index contributed by atoms with van der Waals surface area (Å²) in [6.07, 6.45) is 35.1. The molecule has 0 unspecified atom stereocenters. The number of benzene rings is 3. The Kier molecular flexibility index (Phi) is 17.3. The summed E-state index contributed by atoms with van der Waals surface area (Å²) in [6.45, 7) is 10.1. The van der Waals surface area contributed by atoms with Crippen molar-refractivity contribution in [3.05, 3.63) is 82.9 Å². The number of hydrogen-bond donors (Lipinski definition) is 0. The molecule has 6 rings (SSSR count). The highest BCUT2D eigenvalue weighted by Crippen LogP contribution is 2.38. The van der Waals surface area contributed by atoms with E-state index < -0.39 is 0 Å². The van der Waals surface area contributed by atoms with Crippen molar-refractivity contribution < 1.29 is 28.4 Å². The molecule has 3 fully saturated rings. The number of methoxy groups -OCH3 is 3. The molecule has 0 radical (unpaired) electrons. The molecule has 0 amide bonds. The van der Waals surface area contributed by atoms with Gasteiger partial charge in [-0.1, -0.05) is 146 Å². The van der Waals surface area contributed by atoms with Gasteiger partial charge in [-0.2, -0.15) is 0 Å². The first-order chi connectivity index (χ1) is 29.0. The van der Waals surface area contributed by atoms with E-state index in [1.54, 1.807) is 21.3 Å². The monoisotopic (exact) mass is 803 g/mol. The van der Waals surface area contributed by atoms with Crippen molar-refractivity contribution in [2.75, 3.05) is 41.2 Å². The van der Waals surface area contributed by atoms with Crippen LogP contribution in [0.2, 0.25) is 0 Å². The van der Waals surface area contributed by atoms with Crippen LogP contribution < -0.4 is 28.4 Å². The Hall–Kier alpha value is -4.58. The Balaban J connectivity index is 1.28. The predicted molar refractivity (Wildman–Crippen MR) is 247 cm³/mol. The molecule has 0 saturated heterocycles. The third-order valence-corrected chi connectivity index (χ3v) is 12.9. The van der Waals surface area contributed by atoms with Crippen LogP contribution in [0, 0.1) is 17.8 Å². The Labute approximate surface area is 355 Å². The molecule has 318 valence electrons. The highest BCUT2D eigenvalue weighted by atomic mass is 16.5. The van der Waals surface area contributed by atoms with Crippen LogP contribution in [-0.2, 0) is 0 Å². The van der Waals surface area contributed by atoms with E-state index in [4.69, 9.17) is 28.4 Å². The second kappa shape index (κ2) is 23.3. The lowest BCUT2D eigenvalue weighted by atomic mass is 9.87. The van der Waals surface area contributed by atoms with Crippen LogP contribution in [0.3, 0.4) is 0 Å². The normalized spacial score (nSPS) is 16.9. The van der Waals surface area contributed by atoms with Gasteiger partial charge < -0.3 is 28.4 Å². The maximum atomic E-state index is 6.68. The fourth-order valence-electron chi connectivity index (χ4n) is 9.31. The van der Waals surface area contributed by atoms with Crippen molar-refractivity contribution in [2.24, 2.45) is 17.8 Å². The lowest BCUT2D eigenvalue weighted by Crippen LogP contribution is -2.11. The van der Waals surface area contributed by atoms with Gasteiger partial charge in [0.15, 0.2) is 0 Å². The van der Waals surface area contributed by atoms with Crippen LogP contribution >= 0.6 is 0 Å². The van der Waals surface area contributed by atoms with Gasteiger partial charge in [0.2, 0.25) is 0 Å². The molecule has 59 heavy (non-hydrogen) atoms. The van der Waals surface area contributed by atoms with E-state index in [-0.39, 0.29) is 0 Å². The Bertz CT molecular complexity index is 1850. The van der Waals surface area contributed by atoms with Crippen LogP contribution in [0.5, 0.6) is 34.5 Å². The topological polar surface area (TPSA) is 55.4 Å². The molecule has 0 aromatic heterocycles. The van der Waals surface area contributed by atoms with Gasteiger partial charge in [-0.3, -0.25) is 0 Å². The molecule has 3 saturated carbocycles. The quantitative estimate of drug-likeness (QED) is 0.100. The molecular formula is C53H70O6. The van der Waals surface area contributed by atoms with E-state index >= 15 is 0 Å². The van der Waals surface area contributed by atoms with Crippen molar-refractivity contribution >= 4 is 36.5 Å². The van der Waals surface area contributed by atoms with Gasteiger partial charge in [0.25, 0.3) is 0 Å². The number of hydrogen-bond acceptors (Lipinski definition) is 6. The van der Waals surface area contributed by atoms with Crippen LogP contribution in [0.1, 0.15) is 149 Å². The van der Waals surface area contributed by atoms with E-state index in [0.717, 1.165) is 105 Å². The molecule has 3 aliphatic carbocycles. The van der Waals surface area contributed by atoms with Gasteiger partial charge in [0, 0.05) is 33.4 Å². The van der Waals surface area contributed by atoms with Crippen molar-refractivity contribution in [3.8, 4) is 34.5 Å². The Morgan fingerprint density at radius 2 is 0.644 bits per heavy atom. The van der Waals surface area contributed by atoms with Gasteiger partial charge in [-0.05, 0) is 73.4 Å². The summed E-state index contributed by atoms with van der Waals surface area (Å²) in [5.41, 5.74) is 5.55. The summed E-state index contributed by atoms with van der Waals surface area (Å²) in [6, 6.07) is 12.3. The zero-order chi connectivity index (χ0) is 41.2. The molecule has 3 aromatic carbocycles. The van der Waals surface area contributed by atoms with E-state index in [0.29, 0.717) is 19.8 Å². The molecule has 3 aliphatic rings. The van der Waals surface area contributed by atoms with Crippen molar-refractivity contribution in [1.29, 1.82) is 0 Å². The summed E-state index contributed by atoms with van der Waals surface area (Å²) in [5.74, 6) is 6.94. The molecule has 0 N–H and O–H groups in total. The molecule has 0 aliphatic heterocycles. The number of ether oxygens (including phenoxy) is 6. The van der Waals surface area contributed by atoms with Crippen LogP contribution in [0.15, 0.2) is 49.6 Å². The van der Waals surface area contributed by atoms with Crippen LogP contribution in [0.25, 0.3) is 36.5 Å². The maximum Gasteiger partial charge on any atom is 0.127 e. The Morgan fingerprint density at radius 3 is 0.983 bits per heavy atom. The smallest absolute Gasteiger partial charge is 0.127 e. The number of rotatable bonds is 21. The zero-order valence-corrected chi connectivity index (χ0v) is 36.4. The molecule has 6 heteroatoms. The minimum absolute atomic E-state index is 0.663. The third kappa shape index (κ3) is 12.7. The SMILES string of the molecule is C=Cc1cc(OCCC2CCCCC2)c(/C=C/c2cc(OCCC3CCCCC3)c(/C=C/c3cc(OCCC4CCCCC4)c(C=C)cc3OC)cc2OC)cc1OC. The first kappa shape index (κ1) is 44.0. The minimum atomic E-state index is 0.663. The third-order valence-electron chi connectivity index (χ3n) is 12.9. The highest BCUT2D eigenvalue weighted by molar-refractivity contribution is 5.82. The summed E-state index contributed by atoms with van der Waals surface area (Å²) in [5, 5.41) is 0. The van der Waals surface area contributed by atoms with E-state index in [1.807, 2.05) is 30.4 Å². The van der Waals surface area contributed by atoms with Crippen molar-refractivity contribution in [3.63, 3.8) is 0 Å². The molecule has 0 spiro atoms. The summed E-state index contributed by atoms with van der Waals surface area (Å²) >= 11 is 0. The van der Waals surface area contributed by atoms with E-state index in [2.05, 4.69) is 55.7 Å². The summed E-state index contributed by atoms with van der Waals surface area (Å²) in [4.78, 5) is 0. The summed E-state index contributed by atoms with van der Waals surface area (Å²) in [7, 11) is 5.13. The average molecular weight is 803 g/mol. The highest BCUT2D eigenvalue weighted by Gasteiger charge is 2.18. The van der Waals surface area contributed by atoms with Gasteiger partial charge >= 0.3 is 0 Å². The van der Waals surface area contributed by atoms with Gasteiger partial charge in [0.05, 0.1) is 41.2 Å². The predicted octanol–water partition coefficient (Wildman–Crippen LogP) is 14.4. The minimum Gasteiger partial charge on any atom is -0.496 e. The van der Waals surface area contributed by atoms with Crippen LogP contribution in [0.4, 0.5) is 0 Å². The van der Waals surface area contributed by atoms with Crippen molar-refractivity contribution in [2.45, 2.75) is 116 Å². The van der Waals surface area contributed by atoms with Gasteiger partial charge in [-0.25, -0.2) is 0 Å². The second-order valence-corrected chi connectivity index (χ2v) is 16.9. The van der Waals surface area contributed by atoms with E-state index in [1.165, 1.54) is 96.3 Å².